The minimum atomic E-state index is -3.60. The number of halogens is 1. The number of sulfonamides is 1. The Kier molecular flexibility index (Phi) is 6.37. The Bertz CT molecular complexity index is 1270. The van der Waals surface area contributed by atoms with E-state index in [1.807, 2.05) is 0 Å². The summed E-state index contributed by atoms with van der Waals surface area (Å²) < 4.78 is 33.7. The van der Waals surface area contributed by atoms with E-state index in [2.05, 4.69) is 0 Å². The van der Waals surface area contributed by atoms with Crippen LogP contribution in [0.4, 0.5) is 0 Å². The molecule has 3 aromatic rings. The zero-order valence-corrected chi connectivity index (χ0v) is 19.1. The van der Waals surface area contributed by atoms with Crippen LogP contribution in [0.1, 0.15) is 33.6 Å². The van der Waals surface area contributed by atoms with Crippen LogP contribution in [-0.2, 0) is 20.5 Å². The molecule has 0 unspecified atom stereocenters. The number of aromatic nitrogens is 1. The molecule has 1 aromatic heterocycles. The summed E-state index contributed by atoms with van der Waals surface area (Å²) in [4.78, 5) is 25.6. The Morgan fingerprint density at radius 1 is 1.12 bits per heavy atom. The van der Waals surface area contributed by atoms with Crippen LogP contribution in [0.2, 0.25) is 5.02 Å². The van der Waals surface area contributed by atoms with Crippen molar-refractivity contribution >= 4 is 44.4 Å². The van der Waals surface area contributed by atoms with Crippen molar-refractivity contribution in [2.75, 3.05) is 20.2 Å². The van der Waals surface area contributed by atoms with Crippen LogP contribution in [0.15, 0.2) is 54.7 Å². The topological polar surface area (TPSA) is 85.7 Å². The van der Waals surface area contributed by atoms with Crippen molar-refractivity contribution in [2.24, 2.45) is 5.92 Å². The molecule has 9 heteroatoms. The number of carbonyl (C=O) groups excluding carboxylic acids is 2. The van der Waals surface area contributed by atoms with Gasteiger partial charge in [0, 0.05) is 29.7 Å². The van der Waals surface area contributed by atoms with E-state index < -0.39 is 21.9 Å². The van der Waals surface area contributed by atoms with Gasteiger partial charge < -0.3 is 4.74 Å². The van der Waals surface area contributed by atoms with Gasteiger partial charge >= 0.3 is 5.97 Å². The Hall–Kier alpha value is -2.68. The van der Waals surface area contributed by atoms with E-state index >= 15 is 0 Å². The number of benzene rings is 2. The molecule has 1 saturated heterocycles. The third kappa shape index (κ3) is 4.44. The second-order valence-electron chi connectivity index (χ2n) is 7.84. The highest BCUT2D eigenvalue weighted by Gasteiger charge is 2.34. The van der Waals surface area contributed by atoms with Crippen LogP contribution in [-0.4, -0.2) is 49.4 Å². The van der Waals surface area contributed by atoms with Crippen LogP contribution >= 0.6 is 11.6 Å². The van der Waals surface area contributed by atoms with Crippen LogP contribution in [0.5, 0.6) is 0 Å². The summed E-state index contributed by atoms with van der Waals surface area (Å²) in [5.41, 5.74) is 1.54. The maximum absolute atomic E-state index is 13.4. The third-order valence-electron chi connectivity index (χ3n) is 5.74. The monoisotopic (exact) mass is 474 g/mol. The summed E-state index contributed by atoms with van der Waals surface area (Å²) in [5.74, 6) is -1.42. The van der Waals surface area contributed by atoms with E-state index in [9.17, 15) is 18.0 Å². The van der Waals surface area contributed by atoms with Gasteiger partial charge in [-0.25, -0.2) is 17.5 Å². The maximum atomic E-state index is 13.4. The van der Waals surface area contributed by atoms with Crippen molar-refractivity contribution in [1.82, 2.24) is 8.87 Å². The van der Waals surface area contributed by atoms with Crippen molar-refractivity contribution in [3.8, 4) is 0 Å². The molecule has 0 spiro atoms. The number of hydrogen-bond acceptors (Lipinski definition) is 5. The van der Waals surface area contributed by atoms with Gasteiger partial charge in [-0.3, -0.25) is 9.36 Å². The fraction of sp³-hybridized carbons (Fsp3) is 0.304. The molecule has 0 aliphatic carbocycles. The van der Waals surface area contributed by atoms with Crippen molar-refractivity contribution < 1.29 is 22.7 Å². The molecule has 1 fully saturated rings. The first-order valence-electron chi connectivity index (χ1n) is 10.2. The van der Waals surface area contributed by atoms with E-state index in [1.165, 1.54) is 22.2 Å². The SMILES string of the molecule is COC(=O)c1cn(C(=O)[C@@H]2CCCN(S(=O)(=O)Cc3ccc(Cl)cc3)C2)c2ccccc12. The number of nitrogens with zero attached hydrogens (tertiary/aromatic N) is 2. The van der Waals surface area contributed by atoms with Gasteiger partial charge in [0.1, 0.15) is 0 Å². The molecule has 1 aliphatic rings. The van der Waals surface area contributed by atoms with Crippen LogP contribution in [0.25, 0.3) is 10.9 Å². The van der Waals surface area contributed by atoms with Gasteiger partial charge in [-0.15, -0.1) is 0 Å². The van der Waals surface area contributed by atoms with Crippen LogP contribution in [0, 0.1) is 5.92 Å². The molecule has 0 N–H and O–H groups in total. The average Bonchev–Trinajstić information content (AvgIpc) is 3.19. The number of rotatable bonds is 5. The lowest BCUT2D eigenvalue weighted by atomic mass is 9.98. The van der Waals surface area contributed by atoms with Gasteiger partial charge in [-0.1, -0.05) is 41.9 Å². The molecule has 2 heterocycles. The average molecular weight is 475 g/mol. The fourth-order valence-corrected chi connectivity index (χ4v) is 5.85. The second-order valence-corrected chi connectivity index (χ2v) is 10.2. The van der Waals surface area contributed by atoms with Crippen molar-refractivity contribution in [1.29, 1.82) is 0 Å². The summed E-state index contributed by atoms with van der Waals surface area (Å²) in [7, 11) is -2.31. The lowest BCUT2D eigenvalue weighted by Crippen LogP contribution is -2.43. The molecule has 32 heavy (non-hydrogen) atoms. The van der Waals surface area contributed by atoms with Gasteiger partial charge in [0.15, 0.2) is 0 Å². The second kappa shape index (κ2) is 9.05. The summed E-state index contributed by atoms with van der Waals surface area (Å²) in [6, 6.07) is 13.8. The first kappa shape index (κ1) is 22.5. The molecular formula is C23H23ClN2O5S. The Labute approximate surface area is 191 Å². The third-order valence-corrected chi connectivity index (χ3v) is 7.81. The van der Waals surface area contributed by atoms with Crippen LogP contribution in [0.3, 0.4) is 0 Å². The lowest BCUT2D eigenvalue weighted by molar-refractivity contribution is 0.0603. The normalized spacial score (nSPS) is 17.4. The standard InChI is InChI=1S/C23H23ClN2O5S/c1-31-23(28)20-14-26(21-7-3-2-6-19(20)21)22(27)17-5-4-12-25(13-17)32(29,30)15-16-8-10-18(24)11-9-16/h2-3,6-11,14,17H,4-5,12-13,15H2,1H3/t17-/m1/s1. The molecule has 168 valence electrons. The highest BCUT2D eigenvalue weighted by Crippen LogP contribution is 2.27. The number of ether oxygens (including phenoxy) is 1. The molecule has 1 aliphatic heterocycles. The minimum absolute atomic E-state index is 0.106. The Morgan fingerprint density at radius 2 is 1.84 bits per heavy atom. The molecule has 4 rings (SSSR count). The number of para-hydroxylation sites is 1. The molecular weight excluding hydrogens is 452 g/mol. The minimum Gasteiger partial charge on any atom is -0.465 e. The number of carbonyl (C=O) groups is 2. The van der Waals surface area contributed by atoms with Gasteiger partial charge in [-0.05, 0) is 36.6 Å². The first-order valence-corrected chi connectivity index (χ1v) is 12.2. The summed E-state index contributed by atoms with van der Waals surface area (Å²) in [5, 5.41) is 1.16. The van der Waals surface area contributed by atoms with Crippen molar-refractivity contribution in [3.63, 3.8) is 0 Å². The predicted octanol–water partition coefficient (Wildman–Crippen LogP) is 3.96. The Morgan fingerprint density at radius 3 is 2.56 bits per heavy atom. The quantitative estimate of drug-likeness (QED) is 0.522. The van der Waals surface area contributed by atoms with E-state index in [4.69, 9.17) is 16.3 Å². The van der Waals surface area contributed by atoms with E-state index in [0.717, 1.165) is 0 Å². The molecule has 2 aromatic carbocycles. The van der Waals surface area contributed by atoms with Crippen LogP contribution < -0.4 is 0 Å². The van der Waals surface area contributed by atoms with E-state index in [-0.39, 0.29) is 18.2 Å². The summed E-state index contributed by atoms with van der Waals surface area (Å²) >= 11 is 5.89. The van der Waals surface area contributed by atoms with Crippen molar-refractivity contribution in [3.05, 3.63) is 70.9 Å². The zero-order chi connectivity index (χ0) is 22.9. The smallest absolute Gasteiger partial charge is 0.340 e. The molecule has 0 saturated carbocycles. The van der Waals surface area contributed by atoms with Crippen molar-refractivity contribution in [2.45, 2.75) is 18.6 Å². The highest BCUT2D eigenvalue weighted by molar-refractivity contribution is 7.88. The molecule has 0 amide bonds. The zero-order valence-electron chi connectivity index (χ0n) is 17.5. The fourth-order valence-electron chi connectivity index (χ4n) is 4.11. The number of esters is 1. The van der Waals surface area contributed by atoms with Gasteiger partial charge in [0.25, 0.3) is 0 Å². The maximum Gasteiger partial charge on any atom is 0.340 e. The van der Waals surface area contributed by atoms with E-state index in [0.29, 0.717) is 46.4 Å². The lowest BCUT2D eigenvalue weighted by Gasteiger charge is -2.31. The molecule has 0 bridgehead atoms. The highest BCUT2D eigenvalue weighted by atomic mass is 35.5. The molecule has 7 nitrogen and oxygen atoms in total. The Balaban J connectivity index is 1.58. The largest absolute Gasteiger partial charge is 0.465 e. The number of methoxy groups -OCH3 is 1. The predicted molar refractivity (Wildman–Crippen MR) is 122 cm³/mol. The molecule has 0 radical (unpaired) electrons. The van der Waals surface area contributed by atoms with Gasteiger partial charge in [0.05, 0.1) is 29.9 Å². The summed E-state index contributed by atoms with van der Waals surface area (Å²) in [6.07, 6.45) is 2.64. The summed E-state index contributed by atoms with van der Waals surface area (Å²) in [6.45, 7) is 0.481. The molecule has 1 atom stereocenters. The number of piperidine rings is 1. The first-order chi connectivity index (χ1) is 15.3. The van der Waals surface area contributed by atoms with E-state index in [1.54, 1.807) is 48.5 Å². The number of fused-ring (bicyclic) bond motifs is 1. The van der Waals surface area contributed by atoms with Gasteiger partial charge in [0.2, 0.25) is 15.9 Å². The van der Waals surface area contributed by atoms with Gasteiger partial charge in [-0.2, -0.15) is 0 Å². The number of hydrogen-bond donors (Lipinski definition) is 0.